The largest absolute Gasteiger partial charge is 0.478 e. The molecule has 0 aliphatic carbocycles. The van der Waals surface area contributed by atoms with Crippen LogP contribution < -0.4 is 4.57 Å². The molecule has 3 aromatic rings. The van der Waals surface area contributed by atoms with E-state index in [1.165, 1.54) is 6.07 Å². The molecule has 1 aromatic heterocycles. The number of carbonyl (C=O) groups is 1. The normalized spacial score (nSPS) is 10.8. The van der Waals surface area contributed by atoms with Crippen molar-refractivity contribution >= 4 is 23.8 Å². The summed E-state index contributed by atoms with van der Waals surface area (Å²) < 4.78 is 1.95. The second kappa shape index (κ2) is 8.05. The number of nitro groups is 1. The van der Waals surface area contributed by atoms with Gasteiger partial charge in [0, 0.05) is 29.8 Å². The lowest BCUT2D eigenvalue weighted by molar-refractivity contribution is -0.690. The molecule has 0 fully saturated rings. The van der Waals surface area contributed by atoms with Gasteiger partial charge in [0.1, 0.15) is 0 Å². The molecule has 2 aromatic carbocycles. The predicted octanol–water partition coefficient (Wildman–Crippen LogP) is 3.80. The molecule has 27 heavy (non-hydrogen) atoms. The molecule has 1 heterocycles. The van der Waals surface area contributed by atoms with Crippen molar-refractivity contribution in [3.63, 3.8) is 0 Å². The number of benzene rings is 2. The number of nitrogens with zero attached hydrogens (tertiary/aromatic N) is 2. The van der Waals surface area contributed by atoms with E-state index in [0.717, 1.165) is 11.3 Å². The van der Waals surface area contributed by atoms with Crippen LogP contribution in [0.4, 0.5) is 5.69 Å². The molecule has 0 spiro atoms. The van der Waals surface area contributed by atoms with E-state index in [1.54, 1.807) is 42.5 Å². The average Bonchev–Trinajstić information content (AvgIpc) is 2.67. The van der Waals surface area contributed by atoms with Crippen molar-refractivity contribution in [2.45, 2.75) is 6.54 Å². The maximum absolute atomic E-state index is 11.1. The van der Waals surface area contributed by atoms with Crippen LogP contribution in [0.25, 0.3) is 12.2 Å². The third kappa shape index (κ3) is 4.43. The standard InChI is InChI=1S/C21H16N2O4/c24-21(25)18-8-5-6-16(14-18)15-22-13-4-3-9-19(22)12-11-17-7-1-2-10-20(17)23(26)27/h1-14H,15H2/p+1/b12-11+. The van der Waals surface area contributed by atoms with Crippen molar-refractivity contribution in [2.75, 3.05) is 0 Å². The lowest BCUT2D eigenvalue weighted by atomic mass is 10.1. The number of carboxylic acids is 1. The van der Waals surface area contributed by atoms with Crippen molar-refractivity contribution in [1.82, 2.24) is 0 Å². The van der Waals surface area contributed by atoms with Crippen molar-refractivity contribution in [1.29, 1.82) is 0 Å². The summed E-state index contributed by atoms with van der Waals surface area (Å²) in [5.41, 5.74) is 2.50. The van der Waals surface area contributed by atoms with Gasteiger partial charge >= 0.3 is 5.97 Å². The summed E-state index contributed by atoms with van der Waals surface area (Å²) in [5.74, 6) is -0.966. The molecule has 134 valence electrons. The summed E-state index contributed by atoms with van der Waals surface area (Å²) in [7, 11) is 0. The zero-order chi connectivity index (χ0) is 19.2. The van der Waals surface area contributed by atoms with Gasteiger partial charge in [-0.2, -0.15) is 4.57 Å². The second-order valence-corrected chi connectivity index (χ2v) is 5.91. The van der Waals surface area contributed by atoms with Crippen LogP contribution in [-0.2, 0) is 6.54 Å². The van der Waals surface area contributed by atoms with Gasteiger partial charge in [-0.15, -0.1) is 0 Å². The van der Waals surface area contributed by atoms with Crippen molar-refractivity contribution in [3.8, 4) is 0 Å². The highest BCUT2D eigenvalue weighted by atomic mass is 16.6. The Labute approximate surface area is 155 Å². The SMILES string of the molecule is O=C(O)c1cccc(C[n+]2ccccc2/C=C/c2ccccc2[N+](=O)[O-])c1. The number of aromatic carboxylic acids is 1. The van der Waals surface area contributed by atoms with Crippen LogP contribution in [-0.4, -0.2) is 16.0 Å². The third-order valence-electron chi connectivity index (χ3n) is 4.07. The molecule has 0 bridgehead atoms. The first-order chi connectivity index (χ1) is 13.0. The molecule has 0 radical (unpaired) electrons. The summed E-state index contributed by atoms with van der Waals surface area (Å²) in [4.78, 5) is 21.9. The minimum Gasteiger partial charge on any atom is -0.478 e. The van der Waals surface area contributed by atoms with Gasteiger partial charge < -0.3 is 5.11 Å². The Kier molecular flexibility index (Phi) is 5.37. The number of aromatic nitrogens is 1. The zero-order valence-electron chi connectivity index (χ0n) is 14.4. The minimum atomic E-state index is -0.966. The molecule has 0 saturated heterocycles. The van der Waals surface area contributed by atoms with Crippen LogP contribution in [0.2, 0.25) is 0 Å². The molecule has 0 amide bonds. The fourth-order valence-corrected chi connectivity index (χ4v) is 2.75. The van der Waals surface area contributed by atoms with E-state index in [1.807, 2.05) is 41.1 Å². The Hall–Kier alpha value is -3.80. The second-order valence-electron chi connectivity index (χ2n) is 5.91. The molecule has 0 unspecified atom stereocenters. The molecule has 1 N–H and O–H groups in total. The topological polar surface area (TPSA) is 84.3 Å². The zero-order valence-corrected chi connectivity index (χ0v) is 14.4. The quantitative estimate of drug-likeness (QED) is 0.411. The molecule has 0 aliphatic rings. The van der Waals surface area contributed by atoms with Gasteiger partial charge in [-0.05, 0) is 30.3 Å². The Morgan fingerprint density at radius 1 is 1.04 bits per heavy atom. The average molecular weight is 361 g/mol. The third-order valence-corrected chi connectivity index (χ3v) is 4.07. The molecular formula is C21H17N2O4+. The van der Waals surface area contributed by atoms with Crippen LogP contribution >= 0.6 is 0 Å². The fourth-order valence-electron chi connectivity index (χ4n) is 2.75. The molecule has 0 saturated carbocycles. The maximum atomic E-state index is 11.1. The summed E-state index contributed by atoms with van der Waals surface area (Å²) in [6.07, 6.45) is 5.40. The van der Waals surface area contributed by atoms with E-state index in [9.17, 15) is 14.9 Å². The molecule has 3 rings (SSSR count). The first-order valence-corrected chi connectivity index (χ1v) is 8.27. The number of hydrogen-bond donors (Lipinski definition) is 1. The highest BCUT2D eigenvalue weighted by Gasteiger charge is 2.12. The van der Waals surface area contributed by atoms with E-state index in [-0.39, 0.29) is 11.3 Å². The first kappa shape index (κ1) is 18.0. The van der Waals surface area contributed by atoms with E-state index >= 15 is 0 Å². The Morgan fingerprint density at radius 3 is 2.59 bits per heavy atom. The number of carboxylic acid groups (broad SMARTS) is 1. The number of rotatable bonds is 6. The minimum absolute atomic E-state index is 0.0467. The van der Waals surface area contributed by atoms with E-state index in [4.69, 9.17) is 5.11 Å². The number of pyridine rings is 1. The van der Waals surface area contributed by atoms with Gasteiger partial charge in [-0.1, -0.05) is 24.3 Å². The van der Waals surface area contributed by atoms with E-state index in [2.05, 4.69) is 0 Å². The number of nitro benzene ring substituents is 1. The van der Waals surface area contributed by atoms with Crippen molar-refractivity contribution < 1.29 is 19.4 Å². The number of hydrogen-bond acceptors (Lipinski definition) is 3. The monoisotopic (exact) mass is 361 g/mol. The van der Waals surface area contributed by atoms with E-state index in [0.29, 0.717) is 12.1 Å². The highest BCUT2D eigenvalue weighted by Crippen LogP contribution is 2.19. The van der Waals surface area contributed by atoms with Gasteiger partial charge in [0.15, 0.2) is 12.7 Å². The predicted molar refractivity (Wildman–Crippen MR) is 101 cm³/mol. The molecule has 6 heteroatoms. The lowest BCUT2D eigenvalue weighted by Crippen LogP contribution is -2.37. The van der Waals surface area contributed by atoms with Crippen molar-refractivity contribution in [2.24, 2.45) is 0 Å². The summed E-state index contributed by atoms with van der Waals surface area (Å²) in [6, 6.07) is 19.0. The van der Waals surface area contributed by atoms with Crippen LogP contribution in [0.3, 0.4) is 0 Å². The van der Waals surface area contributed by atoms with Crippen LogP contribution in [0.5, 0.6) is 0 Å². The first-order valence-electron chi connectivity index (χ1n) is 8.27. The summed E-state index contributed by atoms with van der Waals surface area (Å²) in [6.45, 7) is 0.485. The smallest absolute Gasteiger partial charge is 0.335 e. The van der Waals surface area contributed by atoms with Gasteiger partial charge in [0.25, 0.3) is 5.69 Å². The molecule has 0 aliphatic heterocycles. The van der Waals surface area contributed by atoms with Gasteiger partial charge in [0.05, 0.1) is 16.1 Å². The molecular weight excluding hydrogens is 344 g/mol. The van der Waals surface area contributed by atoms with Gasteiger partial charge in [-0.3, -0.25) is 10.1 Å². The molecule has 6 nitrogen and oxygen atoms in total. The Bertz CT molecular complexity index is 1030. The Balaban J connectivity index is 1.90. The van der Waals surface area contributed by atoms with Crippen LogP contribution in [0, 0.1) is 10.1 Å². The lowest BCUT2D eigenvalue weighted by Gasteiger charge is -2.03. The highest BCUT2D eigenvalue weighted by molar-refractivity contribution is 5.87. The maximum Gasteiger partial charge on any atom is 0.335 e. The van der Waals surface area contributed by atoms with E-state index < -0.39 is 10.9 Å². The Morgan fingerprint density at radius 2 is 1.81 bits per heavy atom. The van der Waals surface area contributed by atoms with Gasteiger partial charge in [0.2, 0.25) is 5.69 Å². The fraction of sp³-hybridized carbons (Fsp3) is 0.0476. The molecule has 0 atom stereocenters. The van der Waals surface area contributed by atoms with Crippen molar-refractivity contribution in [3.05, 3.63) is 105 Å². The van der Waals surface area contributed by atoms with Gasteiger partial charge in [-0.25, -0.2) is 4.79 Å². The summed E-state index contributed by atoms with van der Waals surface area (Å²) in [5, 5.41) is 20.3. The van der Waals surface area contributed by atoms with Crippen LogP contribution in [0.1, 0.15) is 27.2 Å². The summed E-state index contributed by atoms with van der Waals surface area (Å²) >= 11 is 0. The number of para-hydroxylation sites is 1. The van der Waals surface area contributed by atoms with Crippen LogP contribution in [0.15, 0.2) is 72.9 Å².